The summed E-state index contributed by atoms with van der Waals surface area (Å²) in [6, 6.07) is 1.96. The van der Waals surface area contributed by atoms with Gasteiger partial charge in [-0.3, -0.25) is 9.59 Å². The fourth-order valence-electron chi connectivity index (χ4n) is 6.77. The number of benzene rings is 1. The average Bonchev–Trinajstić information content (AvgIpc) is 3.55. The number of epoxide rings is 1. The number of ether oxygens (including phenoxy) is 2. The second kappa shape index (κ2) is 7.85. The topological polar surface area (TPSA) is 138 Å². The summed E-state index contributed by atoms with van der Waals surface area (Å²) in [5.41, 5.74) is 8.18. The average molecular weight is 508 g/mol. The Hall–Kier alpha value is -3.30. The maximum absolute atomic E-state index is 14.0. The Balaban J connectivity index is 1.39. The van der Waals surface area contributed by atoms with Crippen LogP contribution in [-0.4, -0.2) is 61.4 Å². The Morgan fingerprint density at radius 1 is 1.30 bits per heavy atom. The smallest absolute Gasteiger partial charge is 0.252 e. The molecule has 0 bridgehead atoms. The van der Waals surface area contributed by atoms with Gasteiger partial charge in [-0.1, -0.05) is 13.5 Å². The molecule has 0 saturated carbocycles. The zero-order valence-corrected chi connectivity index (χ0v) is 21.4. The Bertz CT molecular complexity index is 1340. The number of carbonyl (C=O) groups excluding carboxylic acids is 2. The van der Waals surface area contributed by atoms with Crippen LogP contribution in [0.2, 0.25) is 0 Å². The molecule has 1 aromatic rings. The molecule has 2 heterocycles. The van der Waals surface area contributed by atoms with Crippen molar-refractivity contribution in [3.05, 3.63) is 57.6 Å². The molecule has 1 unspecified atom stereocenters. The number of hydrogen-bond acceptors (Lipinski definition) is 8. The predicted octanol–water partition coefficient (Wildman–Crippen LogP) is 2.24. The highest BCUT2D eigenvalue weighted by Gasteiger charge is 2.69. The summed E-state index contributed by atoms with van der Waals surface area (Å²) in [5, 5.41) is 25.3. The van der Waals surface area contributed by atoms with Crippen molar-refractivity contribution < 1.29 is 29.3 Å². The first-order chi connectivity index (χ1) is 17.5. The van der Waals surface area contributed by atoms with Crippen LogP contribution in [0.15, 0.2) is 40.9 Å². The third-order valence-electron chi connectivity index (χ3n) is 8.72. The molecule has 2 aliphatic heterocycles. The number of anilines is 1. The molecule has 9 heteroatoms. The lowest BCUT2D eigenvalue weighted by Gasteiger charge is -2.39. The third kappa shape index (κ3) is 3.30. The number of phenols is 1. The lowest BCUT2D eigenvalue weighted by Crippen LogP contribution is -2.47. The highest BCUT2D eigenvalue weighted by Crippen LogP contribution is 2.66. The Morgan fingerprint density at radius 2 is 2.03 bits per heavy atom. The summed E-state index contributed by atoms with van der Waals surface area (Å²) in [6.45, 7) is 8.77. The van der Waals surface area contributed by atoms with Crippen LogP contribution in [0.3, 0.4) is 0 Å². The number of hydrogen-bond donors (Lipinski definition) is 4. The molecule has 3 aliphatic carbocycles. The van der Waals surface area contributed by atoms with Gasteiger partial charge in [0.25, 0.3) is 5.91 Å². The van der Waals surface area contributed by atoms with Gasteiger partial charge in [-0.15, -0.1) is 0 Å². The molecule has 0 radical (unpaired) electrons. The van der Waals surface area contributed by atoms with Gasteiger partial charge in [0.05, 0.1) is 24.4 Å². The minimum absolute atomic E-state index is 0.00526. The van der Waals surface area contributed by atoms with Crippen molar-refractivity contribution in [3.8, 4) is 5.75 Å². The third-order valence-corrected chi connectivity index (χ3v) is 8.72. The number of rotatable bonds is 6. The van der Waals surface area contributed by atoms with Crippen molar-refractivity contribution in [3.63, 3.8) is 0 Å². The minimum atomic E-state index is -0.977. The number of nitrogens with two attached hydrogens (primary N) is 1. The first kappa shape index (κ1) is 24.1. The molecule has 1 spiro atoms. The number of carbonyl (C=O) groups is 2. The van der Waals surface area contributed by atoms with Crippen LogP contribution in [0.25, 0.3) is 0 Å². The number of primary amides is 1. The van der Waals surface area contributed by atoms with Gasteiger partial charge in [-0.05, 0) is 30.4 Å². The predicted molar refractivity (Wildman–Crippen MR) is 136 cm³/mol. The normalized spacial score (nSPS) is 28.9. The molecular weight excluding hydrogens is 474 g/mol. The highest BCUT2D eigenvalue weighted by atomic mass is 16.6. The van der Waals surface area contributed by atoms with E-state index in [0.29, 0.717) is 60.6 Å². The summed E-state index contributed by atoms with van der Waals surface area (Å²) < 4.78 is 11.5. The largest absolute Gasteiger partial charge is 0.511 e. The number of amides is 1. The van der Waals surface area contributed by atoms with Crippen LogP contribution in [-0.2, 0) is 27.2 Å². The standard InChI is InChI=1S/C28H33N3O6/c1-13-20(26(29)35)19(32)8-16-5-14-6-17-18(31(3)4)7-15(9-30-10-27(2)11-36-12-27)23(33)22(17)24(34)21(14)25-28(13,16)37-25/h7,14,16,30,32-33H,1,5-6,8-12H2,2-4H3,(H2,29,35)/t14?,16-,28-/m0/s1. The van der Waals surface area contributed by atoms with Crippen molar-refractivity contribution in [2.75, 3.05) is 38.8 Å². The van der Waals surface area contributed by atoms with E-state index in [0.717, 1.165) is 17.8 Å². The molecule has 9 nitrogen and oxygen atoms in total. The number of fused-ring (bicyclic) bond motifs is 2. The fraction of sp³-hybridized carbons (Fsp3) is 0.500. The number of nitrogens with one attached hydrogen (secondary N) is 1. The van der Waals surface area contributed by atoms with Gasteiger partial charge in [0.1, 0.15) is 11.5 Å². The lowest BCUT2D eigenvalue weighted by molar-refractivity contribution is -0.114. The van der Waals surface area contributed by atoms with Crippen molar-refractivity contribution in [2.24, 2.45) is 23.0 Å². The van der Waals surface area contributed by atoms with Gasteiger partial charge in [-0.25, -0.2) is 0 Å². The van der Waals surface area contributed by atoms with Gasteiger partial charge in [-0.2, -0.15) is 0 Å². The Morgan fingerprint density at radius 3 is 2.65 bits per heavy atom. The van der Waals surface area contributed by atoms with E-state index >= 15 is 0 Å². The van der Waals surface area contributed by atoms with Crippen LogP contribution in [0.5, 0.6) is 5.75 Å². The molecule has 6 rings (SSSR count). The molecule has 196 valence electrons. The zero-order valence-electron chi connectivity index (χ0n) is 21.4. The van der Waals surface area contributed by atoms with E-state index in [4.69, 9.17) is 15.2 Å². The number of aromatic hydroxyl groups is 1. The molecule has 2 fully saturated rings. The van der Waals surface area contributed by atoms with Crippen LogP contribution in [0.1, 0.15) is 41.3 Å². The summed E-state index contributed by atoms with van der Waals surface area (Å²) >= 11 is 0. The van der Waals surface area contributed by atoms with E-state index in [-0.39, 0.29) is 46.5 Å². The van der Waals surface area contributed by atoms with Crippen LogP contribution in [0.4, 0.5) is 5.69 Å². The highest BCUT2D eigenvalue weighted by molar-refractivity contribution is 6.15. The van der Waals surface area contributed by atoms with Crippen LogP contribution < -0.4 is 16.0 Å². The number of allylic oxidation sites excluding steroid dienone is 2. The number of phenolic OH excluding ortho intramolecular Hbond substituents is 1. The lowest BCUT2D eigenvalue weighted by atomic mass is 9.62. The van der Waals surface area contributed by atoms with Crippen molar-refractivity contribution in [2.45, 2.75) is 38.3 Å². The summed E-state index contributed by atoms with van der Waals surface area (Å²) in [5.74, 6) is -0.830. The van der Waals surface area contributed by atoms with Crippen molar-refractivity contribution in [1.82, 2.24) is 5.32 Å². The Kier molecular flexibility index (Phi) is 5.10. The molecule has 5 N–H and O–H groups in total. The number of nitrogens with zero attached hydrogens (tertiary/aromatic N) is 1. The molecule has 1 amide bonds. The molecule has 0 aromatic heterocycles. The number of ketones is 1. The molecule has 2 saturated heterocycles. The fourth-order valence-corrected chi connectivity index (χ4v) is 6.77. The molecule has 3 atom stereocenters. The number of Topliss-reactive ketones (excluding diaryl/α,β-unsaturated/α-hetero) is 1. The van der Waals surface area contributed by atoms with E-state index in [1.807, 2.05) is 25.1 Å². The first-order valence-electron chi connectivity index (χ1n) is 12.7. The van der Waals surface area contributed by atoms with E-state index in [9.17, 15) is 19.8 Å². The van der Waals surface area contributed by atoms with E-state index in [1.54, 1.807) is 0 Å². The van der Waals surface area contributed by atoms with E-state index in [2.05, 4.69) is 18.8 Å². The van der Waals surface area contributed by atoms with Gasteiger partial charge >= 0.3 is 0 Å². The Labute approximate surface area is 215 Å². The van der Waals surface area contributed by atoms with Crippen molar-refractivity contribution in [1.29, 1.82) is 0 Å². The first-order valence-corrected chi connectivity index (χ1v) is 12.7. The zero-order chi connectivity index (χ0) is 26.4. The number of aliphatic hydroxyl groups is 1. The maximum atomic E-state index is 14.0. The van der Waals surface area contributed by atoms with Crippen molar-refractivity contribution >= 4 is 17.4 Å². The van der Waals surface area contributed by atoms with E-state index < -0.39 is 11.5 Å². The molecule has 1 aromatic carbocycles. The minimum Gasteiger partial charge on any atom is -0.511 e. The van der Waals surface area contributed by atoms with Gasteiger partial charge < -0.3 is 35.6 Å². The monoisotopic (exact) mass is 507 g/mol. The second-order valence-electron chi connectivity index (χ2n) is 11.7. The van der Waals surface area contributed by atoms with Gasteiger partial charge in [0, 0.05) is 67.3 Å². The number of aliphatic hydroxyl groups excluding tert-OH is 1. The van der Waals surface area contributed by atoms with Crippen LogP contribution in [0, 0.1) is 17.3 Å². The SMILES string of the molecule is C=C1C(C(N)=O)=C(O)C[C@@H]2CC3Cc4c(N(C)C)cc(CNCC5(C)COC5)c(O)c4C(=O)C3=C3O[C@]132. The summed E-state index contributed by atoms with van der Waals surface area (Å²) in [7, 11) is 3.87. The quantitative estimate of drug-likeness (QED) is 0.430. The molecular formula is C28H33N3O6. The van der Waals surface area contributed by atoms with Gasteiger partial charge in [0.2, 0.25) is 0 Å². The second-order valence-corrected chi connectivity index (χ2v) is 11.7. The van der Waals surface area contributed by atoms with Gasteiger partial charge in [0.15, 0.2) is 17.1 Å². The summed E-state index contributed by atoms with van der Waals surface area (Å²) in [4.78, 5) is 28.1. The van der Waals surface area contributed by atoms with Crippen LogP contribution >= 0.6 is 0 Å². The molecule has 5 aliphatic rings. The van der Waals surface area contributed by atoms with E-state index in [1.165, 1.54) is 0 Å². The molecule has 37 heavy (non-hydrogen) atoms. The maximum Gasteiger partial charge on any atom is 0.252 e. The summed E-state index contributed by atoms with van der Waals surface area (Å²) in [6.07, 6.45) is 1.41.